The smallest absolute Gasteiger partial charge is 0.252 e. The van der Waals surface area contributed by atoms with E-state index in [9.17, 15) is 4.79 Å². The molecule has 3 aromatic rings. The average molecular weight is 297 g/mol. The fourth-order valence-corrected chi connectivity index (χ4v) is 2.98. The molecular weight excluding hydrogens is 282 g/mol. The van der Waals surface area contributed by atoms with Crippen LogP contribution < -0.4 is 5.32 Å². The maximum Gasteiger partial charge on any atom is 0.252 e. The maximum absolute atomic E-state index is 11.7. The lowest BCUT2D eigenvalue weighted by atomic mass is 10.2. The number of hydrogen-bond acceptors (Lipinski definition) is 3. The number of hydrogen-bond donors (Lipinski definition) is 2. The first-order valence-corrected chi connectivity index (χ1v) is 7.43. The van der Waals surface area contributed by atoms with Crippen LogP contribution in [0.5, 0.6) is 0 Å². The Balaban J connectivity index is 1.98. The Labute approximate surface area is 127 Å². The van der Waals surface area contributed by atoms with Gasteiger partial charge >= 0.3 is 0 Å². The zero-order valence-corrected chi connectivity index (χ0v) is 12.6. The van der Waals surface area contributed by atoms with E-state index in [0.717, 1.165) is 20.8 Å². The number of H-pyrrole nitrogens is 1. The first-order valence-electron chi connectivity index (χ1n) is 6.61. The third-order valence-corrected chi connectivity index (χ3v) is 4.30. The Bertz CT molecular complexity index is 793. The van der Waals surface area contributed by atoms with Gasteiger partial charge in [-0.05, 0) is 25.1 Å². The van der Waals surface area contributed by atoms with Crippen molar-refractivity contribution in [3.05, 3.63) is 53.9 Å². The standard InChI is InChI=1S/C16H15N3OS/c1-10-3-5-12(6-4-10)21-14-9-19-15-13(14)7-11(8-18-15)16(20)17-2/h3-9H,1-2H3,(H,17,20)(H,18,19). The average Bonchev–Trinajstić information content (AvgIpc) is 2.91. The van der Waals surface area contributed by atoms with E-state index >= 15 is 0 Å². The third-order valence-electron chi connectivity index (χ3n) is 3.23. The second-order valence-electron chi connectivity index (χ2n) is 4.77. The molecule has 0 saturated carbocycles. The zero-order valence-electron chi connectivity index (χ0n) is 11.8. The van der Waals surface area contributed by atoms with Gasteiger partial charge in [0, 0.05) is 34.6 Å². The van der Waals surface area contributed by atoms with Crippen LogP contribution in [0.1, 0.15) is 15.9 Å². The van der Waals surface area contributed by atoms with E-state index < -0.39 is 0 Å². The molecular formula is C16H15N3OS. The molecule has 0 atom stereocenters. The largest absolute Gasteiger partial charge is 0.355 e. The zero-order chi connectivity index (χ0) is 14.8. The van der Waals surface area contributed by atoms with Crippen molar-refractivity contribution < 1.29 is 4.79 Å². The highest BCUT2D eigenvalue weighted by molar-refractivity contribution is 7.99. The molecule has 0 bridgehead atoms. The van der Waals surface area contributed by atoms with Crippen LogP contribution in [0.4, 0.5) is 0 Å². The Kier molecular flexibility index (Phi) is 3.66. The van der Waals surface area contributed by atoms with Crippen LogP contribution in [0.2, 0.25) is 0 Å². The van der Waals surface area contributed by atoms with E-state index in [-0.39, 0.29) is 5.91 Å². The number of nitrogens with one attached hydrogen (secondary N) is 2. The first kappa shape index (κ1) is 13.7. The molecule has 2 heterocycles. The number of pyridine rings is 1. The minimum Gasteiger partial charge on any atom is -0.355 e. The maximum atomic E-state index is 11.7. The Morgan fingerprint density at radius 3 is 2.76 bits per heavy atom. The summed E-state index contributed by atoms with van der Waals surface area (Å²) in [5.41, 5.74) is 2.59. The van der Waals surface area contributed by atoms with Crippen LogP contribution in [-0.4, -0.2) is 22.9 Å². The summed E-state index contributed by atoms with van der Waals surface area (Å²) in [5, 5.41) is 3.58. The minimum atomic E-state index is -0.128. The summed E-state index contributed by atoms with van der Waals surface area (Å²) >= 11 is 1.66. The van der Waals surface area contributed by atoms with Crippen molar-refractivity contribution >= 4 is 28.7 Å². The van der Waals surface area contributed by atoms with E-state index in [2.05, 4.69) is 46.5 Å². The van der Waals surface area contributed by atoms with Crippen molar-refractivity contribution in [2.24, 2.45) is 0 Å². The lowest BCUT2D eigenvalue weighted by Gasteiger charge is -2.02. The van der Waals surface area contributed by atoms with E-state index in [1.54, 1.807) is 25.0 Å². The summed E-state index contributed by atoms with van der Waals surface area (Å²) < 4.78 is 0. The van der Waals surface area contributed by atoms with E-state index in [1.165, 1.54) is 5.56 Å². The van der Waals surface area contributed by atoms with Gasteiger partial charge in [-0.1, -0.05) is 29.5 Å². The van der Waals surface area contributed by atoms with Crippen LogP contribution in [0, 0.1) is 6.92 Å². The molecule has 5 heteroatoms. The fraction of sp³-hybridized carbons (Fsp3) is 0.125. The lowest BCUT2D eigenvalue weighted by molar-refractivity contribution is 0.0963. The number of benzene rings is 1. The van der Waals surface area contributed by atoms with Gasteiger partial charge in [-0.25, -0.2) is 4.98 Å². The predicted octanol–water partition coefficient (Wildman–Crippen LogP) is 3.38. The molecule has 0 spiro atoms. The first-order chi connectivity index (χ1) is 10.2. The highest BCUT2D eigenvalue weighted by atomic mass is 32.2. The summed E-state index contributed by atoms with van der Waals surface area (Å²) in [5.74, 6) is -0.128. The normalized spacial score (nSPS) is 10.8. The van der Waals surface area contributed by atoms with Crippen LogP contribution in [-0.2, 0) is 0 Å². The molecule has 2 aromatic heterocycles. The monoisotopic (exact) mass is 297 g/mol. The quantitative estimate of drug-likeness (QED) is 0.779. The number of amides is 1. The highest BCUT2D eigenvalue weighted by Gasteiger charge is 2.10. The van der Waals surface area contributed by atoms with Crippen LogP contribution in [0.25, 0.3) is 11.0 Å². The number of rotatable bonds is 3. The molecule has 0 aliphatic rings. The number of aromatic nitrogens is 2. The molecule has 106 valence electrons. The number of aromatic amines is 1. The molecule has 0 aliphatic heterocycles. The van der Waals surface area contributed by atoms with E-state index in [4.69, 9.17) is 0 Å². The van der Waals surface area contributed by atoms with Gasteiger partial charge in [0.25, 0.3) is 5.91 Å². The number of fused-ring (bicyclic) bond motifs is 1. The molecule has 0 unspecified atom stereocenters. The number of carbonyl (C=O) groups is 1. The van der Waals surface area contributed by atoms with Crippen LogP contribution in [0.3, 0.4) is 0 Å². The molecule has 2 N–H and O–H groups in total. The van der Waals surface area contributed by atoms with Crippen LogP contribution in [0.15, 0.2) is 52.5 Å². The van der Waals surface area contributed by atoms with Gasteiger partial charge < -0.3 is 10.3 Å². The molecule has 0 aliphatic carbocycles. The summed E-state index contributed by atoms with van der Waals surface area (Å²) in [6.07, 6.45) is 3.51. The van der Waals surface area contributed by atoms with Gasteiger partial charge in [0.15, 0.2) is 0 Å². The van der Waals surface area contributed by atoms with Gasteiger partial charge in [0.2, 0.25) is 0 Å². The molecule has 1 amide bonds. The lowest BCUT2D eigenvalue weighted by Crippen LogP contribution is -2.17. The van der Waals surface area contributed by atoms with Gasteiger partial charge in [-0.2, -0.15) is 0 Å². The summed E-state index contributed by atoms with van der Waals surface area (Å²) in [6, 6.07) is 10.2. The van der Waals surface area contributed by atoms with E-state index in [1.807, 2.05) is 12.3 Å². The van der Waals surface area contributed by atoms with Crippen molar-refractivity contribution in [3.8, 4) is 0 Å². The Morgan fingerprint density at radius 2 is 2.05 bits per heavy atom. The van der Waals surface area contributed by atoms with Gasteiger partial charge in [0.05, 0.1) is 5.56 Å². The second-order valence-corrected chi connectivity index (χ2v) is 5.88. The molecule has 0 fully saturated rings. The second kappa shape index (κ2) is 5.61. The predicted molar refractivity (Wildman–Crippen MR) is 84.8 cm³/mol. The van der Waals surface area contributed by atoms with Crippen LogP contribution >= 0.6 is 11.8 Å². The number of aryl methyl sites for hydroxylation is 1. The number of nitrogens with zero attached hydrogens (tertiary/aromatic N) is 1. The van der Waals surface area contributed by atoms with Gasteiger partial charge in [-0.3, -0.25) is 4.79 Å². The molecule has 0 saturated heterocycles. The molecule has 21 heavy (non-hydrogen) atoms. The molecule has 0 radical (unpaired) electrons. The molecule has 3 rings (SSSR count). The number of carbonyl (C=O) groups excluding carboxylic acids is 1. The summed E-state index contributed by atoms with van der Waals surface area (Å²) in [4.78, 5) is 21.4. The molecule has 1 aromatic carbocycles. The van der Waals surface area contributed by atoms with Crippen molar-refractivity contribution in [1.29, 1.82) is 0 Å². The minimum absolute atomic E-state index is 0.128. The van der Waals surface area contributed by atoms with Crippen molar-refractivity contribution in [3.63, 3.8) is 0 Å². The van der Waals surface area contributed by atoms with Crippen molar-refractivity contribution in [2.45, 2.75) is 16.7 Å². The van der Waals surface area contributed by atoms with Crippen molar-refractivity contribution in [2.75, 3.05) is 7.05 Å². The van der Waals surface area contributed by atoms with Crippen molar-refractivity contribution in [1.82, 2.24) is 15.3 Å². The highest BCUT2D eigenvalue weighted by Crippen LogP contribution is 2.33. The summed E-state index contributed by atoms with van der Waals surface area (Å²) in [7, 11) is 1.62. The fourth-order valence-electron chi connectivity index (χ4n) is 2.07. The SMILES string of the molecule is CNC(=O)c1cnc2[nH]cc(Sc3ccc(C)cc3)c2c1. The summed E-state index contributed by atoms with van der Waals surface area (Å²) in [6.45, 7) is 2.07. The van der Waals surface area contributed by atoms with Gasteiger partial charge in [-0.15, -0.1) is 0 Å². The topological polar surface area (TPSA) is 57.8 Å². The van der Waals surface area contributed by atoms with E-state index in [0.29, 0.717) is 5.56 Å². The van der Waals surface area contributed by atoms with Gasteiger partial charge in [0.1, 0.15) is 5.65 Å². The Morgan fingerprint density at radius 1 is 1.29 bits per heavy atom. The Hall–Kier alpha value is -2.27. The third kappa shape index (κ3) is 2.78. The molecule has 4 nitrogen and oxygen atoms in total.